The molecular weight excluding hydrogens is 194 g/mol. The van der Waals surface area contributed by atoms with Crippen molar-refractivity contribution in [3.63, 3.8) is 0 Å². The Morgan fingerprint density at radius 1 is 1.62 bits per heavy atom. The quantitative estimate of drug-likeness (QED) is 0.710. The summed E-state index contributed by atoms with van der Waals surface area (Å²) < 4.78 is 0. The molecular formula is C15H23N. The lowest BCUT2D eigenvalue weighted by Crippen LogP contribution is -2.15. The van der Waals surface area contributed by atoms with Gasteiger partial charge in [0.25, 0.3) is 0 Å². The van der Waals surface area contributed by atoms with Crippen LogP contribution in [0.1, 0.15) is 39.5 Å². The van der Waals surface area contributed by atoms with E-state index >= 15 is 0 Å². The van der Waals surface area contributed by atoms with E-state index in [0.717, 1.165) is 12.8 Å². The Labute approximate surface area is 99.4 Å². The molecule has 0 aromatic heterocycles. The lowest BCUT2D eigenvalue weighted by molar-refractivity contribution is 0.733. The third-order valence-corrected chi connectivity index (χ3v) is 2.81. The van der Waals surface area contributed by atoms with Gasteiger partial charge in [-0.1, -0.05) is 36.5 Å². The number of allylic oxidation sites excluding steroid dienone is 6. The summed E-state index contributed by atoms with van der Waals surface area (Å²) in [6.45, 7) is 7.96. The molecule has 0 heterocycles. The van der Waals surface area contributed by atoms with E-state index in [2.05, 4.69) is 38.7 Å². The van der Waals surface area contributed by atoms with Crippen LogP contribution in [-0.4, -0.2) is 6.04 Å². The van der Waals surface area contributed by atoms with Crippen LogP contribution in [0.15, 0.2) is 47.6 Å². The second kappa shape index (κ2) is 6.49. The molecule has 0 fully saturated rings. The monoisotopic (exact) mass is 217 g/mol. The third kappa shape index (κ3) is 4.19. The molecule has 0 radical (unpaired) electrons. The van der Waals surface area contributed by atoms with Crippen molar-refractivity contribution in [2.75, 3.05) is 0 Å². The van der Waals surface area contributed by atoms with Gasteiger partial charge in [-0.25, -0.2) is 0 Å². The van der Waals surface area contributed by atoms with Crippen molar-refractivity contribution < 1.29 is 0 Å². The molecule has 0 aromatic carbocycles. The fourth-order valence-electron chi connectivity index (χ4n) is 1.95. The van der Waals surface area contributed by atoms with Gasteiger partial charge in [0.2, 0.25) is 0 Å². The van der Waals surface area contributed by atoms with E-state index in [9.17, 15) is 0 Å². The minimum atomic E-state index is 0.227. The van der Waals surface area contributed by atoms with Crippen LogP contribution in [-0.2, 0) is 0 Å². The topological polar surface area (TPSA) is 26.0 Å². The van der Waals surface area contributed by atoms with Crippen molar-refractivity contribution in [1.82, 2.24) is 0 Å². The summed E-state index contributed by atoms with van der Waals surface area (Å²) in [6.07, 6.45) is 13.2. The smallest absolute Gasteiger partial charge is 0.00510 e. The van der Waals surface area contributed by atoms with Crippen molar-refractivity contribution in [2.24, 2.45) is 5.73 Å². The van der Waals surface area contributed by atoms with Gasteiger partial charge in [-0.05, 0) is 50.7 Å². The highest BCUT2D eigenvalue weighted by molar-refractivity contribution is 5.38. The molecule has 0 bridgehead atoms. The molecule has 1 atom stereocenters. The summed E-state index contributed by atoms with van der Waals surface area (Å²) in [5, 5.41) is 0. The summed E-state index contributed by atoms with van der Waals surface area (Å²) in [6, 6.07) is 0.227. The van der Waals surface area contributed by atoms with Crippen LogP contribution in [0.25, 0.3) is 0 Å². The van der Waals surface area contributed by atoms with Crippen molar-refractivity contribution >= 4 is 0 Å². The lowest BCUT2D eigenvalue weighted by Gasteiger charge is -2.11. The Hall–Kier alpha value is -1.08. The maximum absolute atomic E-state index is 5.89. The van der Waals surface area contributed by atoms with Crippen molar-refractivity contribution in [1.29, 1.82) is 0 Å². The molecule has 1 aliphatic rings. The molecule has 0 amide bonds. The number of hydrogen-bond acceptors (Lipinski definition) is 1. The lowest BCUT2D eigenvalue weighted by atomic mass is 9.97. The van der Waals surface area contributed by atoms with E-state index in [4.69, 9.17) is 5.73 Å². The zero-order valence-electron chi connectivity index (χ0n) is 10.5. The van der Waals surface area contributed by atoms with Gasteiger partial charge in [-0.3, -0.25) is 0 Å². The van der Waals surface area contributed by atoms with Crippen LogP contribution >= 0.6 is 0 Å². The highest BCUT2D eigenvalue weighted by atomic mass is 14.6. The van der Waals surface area contributed by atoms with Gasteiger partial charge in [0.1, 0.15) is 0 Å². The Morgan fingerprint density at radius 2 is 2.38 bits per heavy atom. The predicted molar refractivity (Wildman–Crippen MR) is 72.2 cm³/mol. The molecule has 0 saturated carbocycles. The van der Waals surface area contributed by atoms with Gasteiger partial charge in [0.15, 0.2) is 0 Å². The Bertz CT molecular complexity index is 329. The summed E-state index contributed by atoms with van der Waals surface area (Å²) in [4.78, 5) is 0. The van der Waals surface area contributed by atoms with Gasteiger partial charge in [0.05, 0.1) is 0 Å². The molecule has 16 heavy (non-hydrogen) atoms. The summed E-state index contributed by atoms with van der Waals surface area (Å²) >= 11 is 0. The molecule has 0 aromatic rings. The van der Waals surface area contributed by atoms with Crippen LogP contribution in [0.4, 0.5) is 0 Å². The van der Waals surface area contributed by atoms with E-state index in [1.807, 2.05) is 6.08 Å². The minimum absolute atomic E-state index is 0.227. The molecule has 1 unspecified atom stereocenters. The minimum Gasteiger partial charge on any atom is -0.328 e. The van der Waals surface area contributed by atoms with Gasteiger partial charge in [-0.2, -0.15) is 0 Å². The summed E-state index contributed by atoms with van der Waals surface area (Å²) in [5.74, 6) is 0. The molecule has 1 nitrogen and oxygen atoms in total. The van der Waals surface area contributed by atoms with Crippen LogP contribution in [0.2, 0.25) is 0 Å². The SMILES string of the molecule is C=C/C(C)=C\C1=C(CC(C)N)C=CCCC1. The highest BCUT2D eigenvalue weighted by Crippen LogP contribution is 2.24. The summed E-state index contributed by atoms with van der Waals surface area (Å²) in [5.41, 5.74) is 9.95. The third-order valence-electron chi connectivity index (χ3n) is 2.81. The van der Waals surface area contributed by atoms with Crippen LogP contribution < -0.4 is 5.73 Å². The molecule has 1 rings (SSSR count). The van der Waals surface area contributed by atoms with Gasteiger partial charge in [-0.15, -0.1) is 0 Å². The second-order valence-corrected chi connectivity index (χ2v) is 4.62. The molecule has 0 spiro atoms. The first-order chi connectivity index (χ1) is 7.63. The van der Waals surface area contributed by atoms with E-state index < -0.39 is 0 Å². The Balaban J connectivity index is 2.98. The zero-order chi connectivity index (χ0) is 12.0. The molecule has 1 aliphatic carbocycles. The number of rotatable bonds is 4. The fourth-order valence-corrected chi connectivity index (χ4v) is 1.95. The standard InChI is InChI=1S/C15H23N/c1-4-12(2)10-14-8-6-5-7-9-15(14)11-13(3)16/h4,7,9-10,13H,1,5-6,8,11,16H2,2-3H3/b12-10-. The zero-order valence-corrected chi connectivity index (χ0v) is 10.5. The van der Waals surface area contributed by atoms with E-state index in [-0.39, 0.29) is 6.04 Å². The van der Waals surface area contributed by atoms with Crippen LogP contribution in [0.5, 0.6) is 0 Å². The first-order valence-corrected chi connectivity index (χ1v) is 6.08. The van der Waals surface area contributed by atoms with Gasteiger partial charge >= 0.3 is 0 Å². The molecule has 2 N–H and O–H groups in total. The van der Waals surface area contributed by atoms with E-state index in [1.165, 1.54) is 29.6 Å². The van der Waals surface area contributed by atoms with Crippen LogP contribution in [0, 0.1) is 0 Å². The maximum Gasteiger partial charge on any atom is 0.00510 e. The average molecular weight is 217 g/mol. The van der Waals surface area contributed by atoms with E-state index in [1.54, 1.807) is 0 Å². The molecule has 0 aliphatic heterocycles. The highest BCUT2D eigenvalue weighted by Gasteiger charge is 2.07. The van der Waals surface area contributed by atoms with Crippen molar-refractivity contribution in [3.05, 3.63) is 47.6 Å². The van der Waals surface area contributed by atoms with Crippen LogP contribution in [0.3, 0.4) is 0 Å². The van der Waals surface area contributed by atoms with Gasteiger partial charge < -0.3 is 5.73 Å². The molecule has 1 heteroatoms. The first kappa shape index (κ1) is 13.0. The average Bonchev–Trinajstić information content (AvgIpc) is 2.44. The summed E-state index contributed by atoms with van der Waals surface area (Å²) in [7, 11) is 0. The van der Waals surface area contributed by atoms with Gasteiger partial charge in [0, 0.05) is 6.04 Å². The Kier molecular flexibility index (Phi) is 5.27. The maximum atomic E-state index is 5.89. The fraction of sp³-hybridized carbons (Fsp3) is 0.467. The number of nitrogens with two attached hydrogens (primary N) is 1. The van der Waals surface area contributed by atoms with Crippen molar-refractivity contribution in [2.45, 2.75) is 45.6 Å². The largest absolute Gasteiger partial charge is 0.328 e. The molecule has 88 valence electrons. The second-order valence-electron chi connectivity index (χ2n) is 4.62. The predicted octanol–water partition coefficient (Wildman–Crippen LogP) is 3.89. The first-order valence-electron chi connectivity index (χ1n) is 6.08. The Morgan fingerprint density at radius 3 is 3.00 bits per heavy atom. The molecule has 0 saturated heterocycles. The number of hydrogen-bond donors (Lipinski definition) is 1. The van der Waals surface area contributed by atoms with Crippen molar-refractivity contribution in [3.8, 4) is 0 Å². The normalized spacial score (nSPS) is 19.6. The van der Waals surface area contributed by atoms with E-state index in [0.29, 0.717) is 0 Å².